The molecule has 1 heterocycles. The molecule has 0 saturated carbocycles. The second-order valence-corrected chi connectivity index (χ2v) is 5.47. The van der Waals surface area contributed by atoms with Crippen molar-refractivity contribution in [2.45, 2.75) is 37.0 Å². The third-order valence-electron chi connectivity index (χ3n) is 4.02. The predicted molar refractivity (Wildman–Crippen MR) is 81.7 cm³/mol. The van der Waals surface area contributed by atoms with Crippen LogP contribution >= 0.6 is 0 Å². The zero-order valence-corrected chi connectivity index (χ0v) is 12.2. The first-order valence-corrected chi connectivity index (χ1v) is 7.36. The van der Waals surface area contributed by atoms with E-state index < -0.39 is 37.2 Å². The van der Waals surface area contributed by atoms with Crippen molar-refractivity contribution in [3.8, 4) is 0 Å². The Morgan fingerprint density at radius 1 is 0.955 bits per heavy atom. The highest BCUT2D eigenvalue weighted by molar-refractivity contribution is 5.48. The van der Waals surface area contributed by atoms with Crippen LogP contribution in [0.25, 0.3) is 6.08 Å². The molecular formula is C16H23NO5. The minimum absolute atomic E-state index is 0.344. The molecule has 0 aromatic heterocycles. The van der Waals surface area contributed by atoms with Crippen molar-refractivity contribution in [2.24, 2.45) is 0 Å². The summed E-state index contributed by atoms with van der Waals surface area (Å²) in [5.74, 6) is 0. The summed E-state index contributed by atoms with van der Waals surface area (Å²) in [5, 5.41) is 48.6. The van der Waals surface area contributed by atoms with Crippen molar-refractivity contribution < 1.29 is 25.5 Å². The molecule has 1 aliphatic rings. The molecule has 2 rings (SSSR count). The minimum Gasteiger partial charge on any atom is -0.395 e. The standard InChI is InChI=1S/C16H23NO5/c18-10-12-13(19)14(20)15(21)16(22)17(12)9-5-4-8-11-6-2-1-3-7-11/h1-4,6-8,12-16,18-22H,5,9-10H2/b8-4+/t12-,13-,14+,15-,16?/m1/s1. The van der Waals surface area contributed by atoms with E-state index >= 15 is 0 Å². The molecule has 0 aliphatic carbocycles. The van der Waals surface area contributed by atoms with Gasteiger partial charge in [-0.15, -0.1) is 0 Å². The highest BCUT2D eigenvalue weighted by Gasteiger charge is 2.46. The predicted octanol–water partition coefficient (Wildman–Crippen LogP) is -0.833. The van der Waals surface area contributed by atoms with Crippen molar-refractivity contribution in [3.05, 3.63) is 42.0 Å². The van der Waals surface area contributed by atoms with Gasteiger partial charge in [0.1, 0.15) is 24.5 Å². The van der Waals surface area contributed by atoms with E-state index in [4.69, 9.17) is 0 Å². The summed E-state index contributed by atoms with van der Waals surface area (Å²) < 4.78 is 0. The molecule has 1 aromatic rings. The molecule has 1 saturated heterocycles. The Kier molecular flexibility index (Phi) is 6.07. The molecule has 6 nitrogen and oxygen atoms in total. The topological polar surface area (TPSA) is 104 Å². The van der Waals surface area contributed by atoms with E-state index in [9.17, 15) is 25.5 Å². The smallest absolute Gasteiger partial charge is 0.136 e. The van der Waals surface area contributed by atoms with Crippen molar-refractivity contribution >= 4 is 6.08 Å². The van der Waals surface area contributed by atoms with E-state index in [-0.39, 0.29) is 0 Å². The number of aliphatic hydroxyl groups excluding tert-OH is 5. The number of piperidine rings is 1. The first-order valence-electron chi connectivity index (χ1n) is 7.36. The zero-order valence-electron chi connectivity index (χ0n) is 12.2. The van der Waals surface area contributed by atoms with E-state index in [1.807, 2.05) is 42.5 Å². The van der Waals surface area contributed by atoms with Gasteiger partial charge in [0.15, 0.2) is 0 Å². The zero-order chi connectivity index (χ0) is 16.1. The van der Waals surface area contributed by atoms with Crippen LogP contribution < -0.4 is 0 Å². The normalized spacial score (nSPS) is 33.4. The lowest BCUT2D eigenvalue weighted by molar-refractivity contribution is -0.222. The largest absolute Gasteiger partial charge is 0.395 e. The summed E-state index contributed by atoms with van der Waals surface area (Å²) in [6.07, 6.45) is -1.13. The van der Waals surface area contributed by atoms with Gasteiger partial charge in [-0.05, 0) is 12.0 Å². The molecule has 5 N–H and O–H groups in total. The van der Waals surface area contributed by atoms with Crippen LogP contribution in [0.4, 0.5) is 0 Å². The van der Waals surface area contributed by atoms with E-state index in [1.54, 1.807) is 0 Å². The lowest BCUT2D eigenvalue weighted by Gasteiger charge is -2.46. The molecule has 1 unspecified atom stereocenters. The first kappa shape index (κ1) is 17.1. The molecule has 0 amide bonds. The van der Waals surface area contributed by atoms with Crippen molar-refractivity contribution in [1.82, 2.24) is 4.90 Å². The van der Waals surface area contributed by atoms with Crippen LogP contribution in [-0.2, 0) is 0 Å². The highest BCUT2D eigenvalue weighted by Crippen LogP contribution is 2.23. The quantitative estimate of drug-likeness (QED) is 0.486. The lowest BCUT2D eigenvalue weighted by atomic mass is 9.92. The molecule has 0 radical (unpaired) electrons. The summed E-state index contributed by atoms with van der Waals surface area (Å²) >= 11 is 0. The molecule has 1 aliphatic heterocycles. The maximum Gasteiger partial charge on any atom is 0.136 e. The number of likely N-dealkylation sites (tertiary alicyclic amines) is 1. The lowest BCUT2D eigenvalue weighted by Crippen LogP contribution is -2.67. The molecule has 22 heavy (non-hydrogen) atoms. The van der Waals surface area contributed by atoms with E-state index in [0.29, 0.717) is 13.0 Å². The molecule has 0 bridgehead atoms. The van der Waals surface area contributed by atoms with Crippen LogP contribution in [-0.4, -0.2) is 74.2 Å². The van der Waals surface area contributed by atoms with Crippen LogP contribution in [0.3, 0.4) is 0 Å². The molecular weight excluding hydrogens is 286 g/mol. The molecule has 5 atom stereocenters. The Balaban J connectivity index is 1.96. The van der Waals surface area contributed by atoms with Crippen molar-refractivity contribution in [2.75, 3.05) is 13.2 Å². The van der Waals surface area contributed by atoms with Gasteiger partial charge in [0.25, 0.3) is 0 Å². The summed E-state index contributed by atoms with van der Waals surface area (Å²) in [4.78, 5) is 1.41. The van der Waals surface area contributed by atoms with Gasteiger partial charge in [0.2, 0.25) is 0 Å². The molecule has 6 heteroatoms. The van der Waals surface area contributed by atoms with Gasteiger partial charge in [0, 0.05) is 6.54 Å². The van der Waals surface area contributed by atoms with Crippen LogP contribution in [0.1, 0.15) is 12.0 Å². The summed E-state index contributed by atoms with van der Waals surface area (Å²) in [5.41, 5.74) is 1.05. The van der Waals surface area contributed by atoms with Gasteiger partial charge in [-0.3, -0.25) is 4.90 Å². The van der Waals surface area contributed by atoms with Crippen molar-refractivity contribution in [1.29, 1.82) is 0 Å². The van der Waals surface area contributed by atoms with Crippen molar-refractivity contribution in [3.63, 3.8) is 0 Å². The summed E-state index contributed by atoms with van der Waals surface area (Å²) in [6.45, 7) is -0.0685. The highest BCUT2D eigenvalue weighted by atomic mass is 16.4. The Labute approximate surface area is 129 Å². The van der Waals surface area contributed by atoms with E-state index in [0.717, 1.165) is 5.56 Å². The summed E-state index contributed by atoms with van der Waals surface area (Å²) in [7, 11) is 0. The number of rotatable bonds is 5. The monoisotopic (exact) mass is 309 g/mol. The van der Waals surface area contributed by atoms with Gasteiger partial charge in [-0.1, -0.05) is 42.5 Å². The van der Waals surface area contributed by atoms with Gasteiger partial charge in [0.05, 0.1) is 12.6 Å². The number of hydrogen-bond acceptors (Lipinski definition) is 6. The molecule has 0 spiro atoms. The van der Waals surface area contributed by atoms with Crippen LogP contribution in [0.15, 0.2) is 36.4 Å². The fourth-order valence-electron chi connectivity index (χ4n) is 2.71. The third-order valence-corrected chi connectivity index (χ3v) is 4.02. The van der Waals surface area contributed by atoms with Crippen LogP contribution in [0.2, 0.25) is 0 Å². The first-order chi connectivity index (χ1) is 10.6. The number of hydrogen-bond donors (Lipinski definition) is 5. The average molecular weight is 309 g/mol. The van der Waals surface area contributed by atoms with Gasteiger partial charge < -0.3 is 25.5 Å². The maximum absolute atomic E-state index is 10.0. The van der Waals surface area contributed by atoms with E-state index in [2.05, 4.69) is 0 Å². The minimum atomic E-state index is -1.47. The third kappa shape index (κ3) is 3.73. The Bertz CT molecular complexity index is 481. The van der Waals surface area contributed by atoms with Gasteiger partial charge in [-0.25, -0.2) is 0 Å². The summed E-state index contributed by atoms with van der Waals surface area (Å²) in [6, 6.07) is 8.92. The number of nitrogens with zero attached hydrogens (tertiary/aromatic N) is 1. The average Bonchev–Trinajstić information content (AvgIpc) is 2.55. The van der Waals surface area contributed by atoms with E-state index in [1.165, 1.54) is 4.90 Å². The van der Waals surface area contributed by atoms with Gasteiger partial charge in [-0.2, -0.15) is 0 Å². The molecule has 122 valence electrons. The second-order valence-electron chi connectivity index (χ2n) is 5.47. The van der Waals surface area contributed by atoms with Crippen LogP contribution in [0, 0.1) is 0 Å². The van der Waals surface area contributed by atoms with Crippen LogP contribution in [0.5, 0.6) is 0 Å². The molecule has 1 fully saturated rings. The Hall–Kier alpha value is -1.28. The number of aliphatic hydroxyl groups is 5. The Morgan fingerprint density at radius 2 is 1.64 bits per heavy atom. The maximum atomic E-state index is 10.0. The fraction of sp³-hybridized carbons (Fsp3) is 0.500. The second kappa shape index (κ2) is 7.82. The SMILES string of the molecule is OC[C@@H]1[C@@H](O)[C@H](O)[C@@H](O)C(O)N1CC/C=C/c1ccccc1. The fourth-order valence-corrected chi connectivity index (χ4v) is 2.71. The van der Waals surface area contributed by atoms with Gasteiger partial charge >= 0.3 is 0 Å². The Morgan fingerprint density at radius 3 is 2.27 bits per heavy atom. The molecule has 1 aromatic carbocycles. The number of benzene rings is 1.